The smallest absolute Gasteiger partial charge is 0.136 e. The fourth-order valence-electron chi connectivity index (χ4n) is 5.78. The van der Waals surface area contributed by atoms with Crippen LogP contribution in [0.2, 0.25) is 0 Å². The van der Waals surface area contributed by atoms with Gasteiger partial charge in [-0.05, 0) is 89.9 Å². The van der Waals surface area contributed by atoms with Crippen LogP contribution in [0.3, 0.4) is 0 Å². The maximum Gasteiger partial charge on any atom is 0.136 e. The zero-order valence-electron chi connectivity index (χ0n) is 40.0. The highest BCUT2D eigenvalue weighted by Crippen LogP contribution is 2.45. The van der Waals surface area contributed by atoms with Gasteiger partial charge in [0.15, 0.2) is 0 Å². The summed E-state index contributed by atoms with van der Waals surface area (Å²) < 4.78 is 162. The molecule has 0 aliphatic carbocycles. The first kappa shape index (κ1) is 12.3. The molecule has 0 spiro atoms. The Morgan fingerprint density at radius 3 is 1.84 bits per heavy atom. The van der Waals surface area contributed by atoms with Crippen LogP contribution in [0.5, 0.6) is 0 Å². The molecule has 1 nitrogen and oxygen atoms in total. The molecule has 1 heteroatoms. The predicted octanol–water partition coefficient (Wildman–Crippen LogP) is 12.0. The molecule has 9 aromatic rings. The topological polar surface area (TPSA) is 13.1 Å². The van der Waals surface area contributed by atoms with Crippen molar-refractivity contribution in [2.75, 3.05) is 0 Å². The molecule has 1 aromatic heterocycles. The van der Waals surface area contributed by atoms with Crippen molar-refractivity contribution in [1.82, 2.24) is 0 Å². The Morgan fingerprint density at radius 2 is 1.07 bits per heavy atom. The average molecular weight is 565 g/mol. The van der Waals surface area contributed by atoms with E-state index in [1.165, 1.54) is 24.3 Å². The maximum atomic E-state index is 9.40. The van der Waals surface area contributed by atoms with Gasteiger partial charge in [-0.25, -0.2) is 0 Å². The third-order valence-electron chi connectivity index (χ3n) is 7.58. The third-order valence-corrected chi connectivity index (χ3v) is 7.58. The van der Waals surface area contributed by atoms with E-state index < -0.39 is 84.6 Å². The third kappa shape index (κ3) is 3.72. The van der Waals surface area contributed by atoms with Crippen molar-refractivity contribution in [1.29, 1.82) is 0 Å². The fourth-order valence-corrected chi connectivity index (χ4v) is 5.78. The highest BCUT2D eigenvalue weighted by Gasteiger charge is 2.18. The van der Waals surface area contributed by atoms with Gasteiger partial charge in [0.2, 0.25) is 0 Å². The van der Waals surface area contributed by atoms with E-state index in [1.54, 1.807) is 24.3 Å². The summed E-state index contributed by atoms with van der Waals surface area (Å²) in [6.45, 7) is 0. The van der Waals surface area contributed by atoms with Gasteiger partial charge in [-0.2, -0.15) is 0 Å². The molecule has 0 saturated heterocycles. The van der Waals surface area contributed by atoms with E-state index in [0.717, 1.165) is 0 Å². The van der Waals surface area contributed by atoms with Crippen LogP contribution >= 0.6 is 0 Å². The van der Waals surface area contributed by atoms with Gasteiger partial charge >= 0.3 is 0 Å². The van der Waals surface area contributed by atoms with Crippen LogP contribution in [-0.2, 0) is 0 Å². The Morgan fingerprint density at radius 1 is 0.442 bits per heavy atom. The van der Waals surface area contributed by atoms with Crippen LogP contribution in [0.15, 0.2) is 162 Å². The molecular weight excluding hydrogens is 520 g/mol. The molecule has 0 saturated carbocycles. The summed E-state index contributed by atoms with van der Waals surface area (Å²) in [6.07, 6.45) is 0. The van der Waals surface area contributed by atoms with Gasteiger partial charge in [-0.3, -0.25) is 0 Å². The minimum absolute atomic E-state index is 0.0150. The van der Waals surface area contributed by atoms with Crippen LogP contribution in [0.4, 0.5) is 0 Å². The first-order valence-corrected chi connectivity index (χ1v) is 13.3. The second-order valence-corrected chi connectivity index (χ2v) is 9.90. The van der Waals surface area contributed by atoms with Crippen LogP contribution < -0.4 is 0 Å². The summed E-state index contributed by atoms with van der Waals surface area (Å²) in [6, 6.07) is 3.25. The van der Waals surface area contributed by atoms with E-state index in [0.29, 0.717) is 11.1 Å². The minimum Gasteiger partial charge on any atom is -0.456 e. The number of fused-ring (bicyclic) bond motifs is 6. The van der Waals surface area contributed by atoms with Gasteiger partial charge < -0.3 is 4.42 Å². The number of benzene rings is 8. The molecule has 0 amide bonds. The van der Waals surface area contributed by atoms with Gasteiger partial charge in [0.1, 0.15) is 11.2 Å². The molecule has 0 unspecified atom stereocenters. The van der Waals surface area contributed by atoms with Gasteiger partial charge in [-0.15, -0.1) is 0 Å². The lowest BCUT2D eigenvalue weighted by atomic mass is 9.85. The van der Waals surface area contributed by atoms with Crippen molar-refractivity contribution >= 4 is 54.3 Å². The first-order valence-electron chi connectivity index (χ1n) is 22.3. The number of hydrogen-bond donors (Lipinski definition) is 0. The first-order chi connectivity index (χ1) is 28.8. The Bertz CT molecular complexity index is 3450. The molecule has 8 aromatic carbocycles. The Kier molecular flexibility index (Phi) is 2.70. The summed E-state index contributed by atoms with van der Waals surface area (Å²) in [5, 5.41) is 0.183. The Hall–Kier alpha value is -5.66. The lowest BCUT2D eigenvalue weighted by molar-refractivity contribution is 0.669. The SMILES string of the molecule is [2H]c1cc2c(-c3cccc(-c4c([2H])c([2H])c([2H])c5oc6c([2H])c([2H])c([2H])c([2H])c6c45)c3)c3cc([2H])c([2H])cc3c(-c3c([2H])c([2H])c4c([2H])c([2H])c([2H])c([2H])c4c3[2H])c2cc1[2H]. The highest BCUT2D eigenvalue weighted by molar-refractivity contribution is 6.22. The van der Waals surface area contributed by atoms with E-state index in [2.05, 4.69) is 0 Å². The predicted molar refractivity (Wildman–Crippen MR) is 183 cm³/mol. The molecule has 43 heavy (non-hydrogen) atoms. The molecule has 0 aliphatic heterocycles. The number of rotatable bonds is 3. The molecule has 0 N–H and O–H groups in total. The number of hydrogen-bond acceptors (Lipinski definition) is 1. The lowest BCUT2D eigenvalue weighted by Gasteiger charge is -2.18. The van der Waals surface area contributed by atoms with Crippen LogP contribution in [-0.4, -0.2) is 0 Å². The molecule has 200 valence electrons. The van der Waals surface area contributed by atoms with E-state index in [-0.39, 0.29) is 101 Å². The standard InChI is InChI=1S/C42H26O/c1-2-12-28-25-31(24-23-27(28)11-1)41-35-17-5-3-15-33(35)40(34-16-4-6-18-36(34)41)30-14-9-13-29(26-30)32-20-10-22-39-42(32)37-19-7-8-21-38(37)43-39/h1-26H/i1D,2D,3D,4D,5D,6D,7D,8D,10D,11D,12D,19D,20D,21D,22D,23D,24D,25D. The van der Waals surface area contributed by atoms with E-state index in [9.17, 15) is 2.74 Å². The van der Waals surface area contributed by atoms with Crippen molar-refractivity contribution in [3.63, 3.8) is 0 Å². The highest BCUT2D eigenvalue weighted by atomic mass is 16.3. The lowest BCUT2D eigenvalue weighted by Crippen LogP contribution is -1.91. The average Bonchev–Trinajstić information content (AvgIpc) is 3.63. The normalized spacial score (nSPS) is 17.6. The molecule has 0 bridgehead atoms. The molecule has 0 aliphatic rings. The molecule has 9 rings (SSSR count). The molecule has 0 fully saturated rings. The van der Waals surface area contributed by atoms with E-state index in [1.807, 2.05) is 0 Å². The second-order valence-electron chi connectivity index (χ2n) is 9.90. The molecule has 1 heterocycles. The fraction of sp³-hybridized carbons (Fsp3) is 0. The Labute approximate surface area is 274 Å². The van der Waals surface area contributed by atoms with Crippen molar-refractivity contribution in [2.45, 2.75) is 0 Å². The van der Waals surface area contributed by atoms with Crippen molar-refractivity contribution in [2.24, 2.45) is 0 Å². The number of furan rings is 1. The van der Waals surface area contributed by atoms with Gasteiger partial charge in [0, 0.05) is 10.8 Å². The van der Waals surface area contributed by atoms with Crippen molar-refractivity contribution in [3.8, 4) is 33.4 Å². The zero-order chi connectivity index (χ0) is 44.0. The van der Waals surface area contributed by atoms with Gasteiger partial charge in [-0.1, -0.05) is 133 Å². The van der Waals surface area contributed by atoms with E-state index in [4.69, 9.17) is 26.3 Å². The minimum atomic E-state index is -0.648. The summed E-state index contributed by atoms with van der Waals surface area (Å²) in [7, 11) is 0. The monoisotopic (exact) mass is 564 g/mol. The largest absolute Gasteiger partial charge is 0.456 e. The summed E-state index contributed by atoms with van der Waals surface area (Å²) in [5.74, 6) is 0. The Balaban J connectivity index is 1.44. The molecular formula is C42H26O. The summed E-state index contributed by atoms with van der Waals surface area (Å²) >= 11 is 0. The van der Waals surface area contributed by atoms with Crippen LogP contribution in [0, 0.1) is 0 Å². The second kappa shape index (κ2) is 9.44. The molecule has 0 atom stereocenters. The summed E-state index contributed by atoms with van der Waals surface area (Å²) in [4.78, 5) is 0. The van der Waals surface area contributed by atoms with Gasteiger partial charge in [0.25, 0.3) is 0 Å². The van der Waals surface area contributed by atoms with Crippen molar-refractivity contribution in [3.05, 3.63) is 157 Å². The summed E-state index contributed by atoms with van der Waals surface area (Å²) in [5.41, 5.74) is 0.355. The zero-order valence-corrected chi connectivity index (χ0v) is 22.0. The van der Waals surface area contributed by atoms with Gasteiger partial charge in [0.05, 0.1) is 24.7 Å². The van der Waals surface area contributed by atoms with E-state index >= 15 is 0 Å². The molecule has 0 radical (unpaired) electrons. The van der Waals surface area contributed by atoms with Crippen molar-refractivity contribution < 1.29 is 29.1 Å². The van der Waals surface area contributed by atoms with Crippen LogP contribution in [0.1, 0.15) is 24.7 Å². The maximum absolute atomic E-state index is 9.40. The number of para-hydroxylation sites is 1. The quantitative estimate of drug-likeness (QED) is 0.195. The van der Waals surface area contributed by atoms with Crippen LogP contribution in [0.25, 0.3) is 87.6 Å².